The van der Waals surface area contributed by atoms with Crippen LogP contribution < -0.4 is 22.1 Å². The molecule has 0 bridgehead atoms. The highest BCUT2D eigenvalue weighted by atomic mass is 16.2. The van der Waals surface area contributed by atoms with Gasteiger partial charge in [0.25, 0.3) is 0 Å². The van der Waals surface area contributed by atoms with Crippen LogP contribution in [-0.2, 0) is 16.1 Å². The van der Waals surface area contributed by atoms with Gasteiger partial charge in [-0.15, -0.1) is 0 Å². The molecule has 1 aromatic heterocycles. The first-order valence-electron chi connectivity index (χ1n) is 15.2. The normalized spacial score (nSPS) is 17.6. The maximum Gasteiger partial charge on any atom is 0.354 e. The van der Waals surface area contributed by atoms with Gasteiger partial charge in [-0.2, -0.15) is 4.98 Å². The molecule has 0 radical (unpaired) electrons. The SMILES string of the molecule is CC(C)C(C)C(=O)NC(C)(C)C(=O)N1CCN(C(=O)Nc2ccn(-c3ccc(CN4CCC(N)CC4)cc3)c(=O)n2)CC1. The summed E-state index contributed by atoms with van der Waals surface area (Å²) in [6.45, 7) is 13.3. The van der Waals surface area contributed by atoms with E-state index in [2.05, 4.69) is 20.5 Å². The number of carbonyl (C=O) groups excluding carboxylic acids is 3. The highest BCUT2D eigenvalue weighted by molar-refractivity contribution is 5.92. The Bertz CT molecular complexity index is 1340. The lowest BCUT2D eigenvalue weighted by Gasteiger charge is -2.39. The van der Waals surface area contributed by atoms with Gasteiger partial charge in [0.15, 0.2) is 0 Å². The molecule has 1 unspecified atom stereocenters. The first-order chi connectivity index (χ1) is 20.3. The zero-order valence-corrected chi connectivity index (χ0v) is 26.0. The number of nitrogens with two attached hydrogens (primary N) is 1. The number of benzene rings is 1. The molecule has 234 valence electrons. The molecular formula is C31H46N8O4. The molecule has 2 aliphatic heterocycles. The molecule has 2 fully saturated rings. The van der Waals surface area contributed by atoms with Crippen LogP contribution in [0.4, 0.5) is 10.6 Å². The van der Waals surface area contributed by atoms with Gasteiger partial charge in [-0.1, -0.05) is 32.9 Å². The number of urea groups is 1. The lowest BCUT2D eigenvalue weighted by atomic mass is 9.94. The Morgan fingerprint density at radius 1 is 0.953 bits per heavy atom. The minimum absolute atomic E-state index is 0.156. The first kappa shape index (κ1) is 32.2. The maximum absolute atomic E-state index is 13.2. The Balaban J connectivity index is 1.28. The van der Waals surface area contributed by atoms with Crippen LogP contribution in [0.2, 0.25) is 0 Å². The summed E-state index contributed by atoms with van der Waals surface area (Å²) in [6, 6.07) is 9.31. The Morgan fingerprint density at radius 3 is 2.14 bits per heavy atom. The van der Waals surface area contributed by atoms with E-state index in [0.29, 0.717) is 37.9 Å². The number of amides is 4. The highest BCUT2D eigenvalue weighted by Crippen LogP contribution is 2.17. The number of nitrogens with zero attached hydrogens (tertiary/aromatic N) is 5. The van der Waals surface area contributed by atoms with E-state index in [1.165, 1.54) is 10.1 Å². The molecule has 12 heteroatoms. The standard InChI is InChI=1S/C31H46N8O4/c1-21(2)22(3)27(40)35-31(4,5)28(41)37-16-18-38(19-17-37)29(42)33-26-12-15-39(30(43)34-26)25-8-6-23(7-9-25)20-36-13-10-24(32)11-14-36/h6-9,12,15,21-22,24H,10-11,13-14,16-20,32H2,1-5H3,(H,35,40)(H,33,34,42,43). The predicted octanol–water partition coefficient (Wildman–Crippen LogP) is 2.02. The van der Waals surface area contributed by atoms with E-state index >= 15 is 0 Å². The van der Waals surface area contributed by atoms with Crippen LogP contribution in [0.3, 0.4) is 0 Å². The van der Waals surface area contributed by atoms with E-state index in [0.717, 1.165) is 32.5 Å². The molecule has 12 nitrogen and oxygen atoms in total. The van der Waals surface area contributed by atoms with Gasteiger partial charge in [0.1, 0.15) is 11.4 Å². The number of nitrogens with one attached hydrogen (secondary N) is 2. The van der Waals surface area contributed by atoms with E-state index in [-0.39, 0.29) is 29.5 Å². The van der Waals surface area contributed by atoms with Crippen LogP contribution >= 0.6 is 0 Å². The van der Waals surface area contributed by atoms with Crippen molar-refractivity contribution in [3.63, 3.8) is 0 Å². The second-order valence-electron chi connectivity index (χ2n) is 12.6. The Labute approximate surface area is 253 Å². The van der Waals surface area contributed by atoms with Gasteiger partial charge in [-0.3, -0.25) is 24.4 Å². The van der Waals surface area contributed by atoms with Gasteiger partial charge in [0.2, 0.25) is 11.8 Å². The predicted molar refractivity (Wildman–Crippen MR) is 166 cm³/mol. The number of rotatable bonds is 8. The lowest BCUT2D eigenvalue weighted by molar-refractivity contribution is -0.142. The number of carbonyl (C=O) groups is 3. The smallest absolute Gasteiger partial charge is 0.342 e. The molecular weight excluding hydrogens is 548 g/mol. The topological polar surface area (TPSA) is 146 Å². The number of likely N-dealkylation sites (tertiary alicyclic amines) is 1. The summed E-state index contributed by atoms with van der Waals surface area (Å²) in [5, 5.41) is 5.57. The largest absolute Gasteiger partial charge is 0.354 e. The number of hydrogen-bond donors (Lipinski definition) is 3. The molecule has 43 heavy (non-hydrogen) atoms. The second kappa shape index (κ2) is 13.7. The molecule has 4 rings (SSSR count). The molecule has 1 atom stereocenters. The fourth-order valence-electron chi connectivity index (χ4n) is 5.27. The van der Waals surface area contributed by atoms with Crippen LogP contribution in [-0.4, -0.2) is 92.9 Å². The second-order valence-corrected chi connectivity index (χ2v) is 12.6. The minimum Gasteiger partial charge on any atom is -0.342 e. The van der Waals surface area contributed by atoms with E-state index in [1.807, 2.05) is 45.0 Å². The monoisotopic (exact) mass is 594 g/mol. The van der Waals surface area contributed by atoms with Gasteiger partial charge in [0, 0.05) is 50.9 Å². The summed E-state index contributed by atoms with van der Waals surface area (Å²) >= 11 is 0. The summed E-state index contributed by atoms with van der Waals surface area (Å²) in [7, 11) is 0. The van der Waals surface area contributed by atoms with E-state index in [9.17, 15) is 19.2 Å². The van der Waals surface area contributed by atoms with Gasteiger partial charge >= 0.3 is 11.7 Å². The molecule has 3 heterocycles. The zero-order chi connectivity index (χ0) is 31.3. The summed E-state index contributed by atoms with van der Waals surface area (Å²) in [4.78, 5) is 61.1. The molecule has 2 saturated heterocycles. The summed E-state index contributed by atoms with van der Waals surface area (Å²) in [6.07, 6.45) is 3.61. The van der Waals surface area contributed by atoms with Crippen molar-refractivity contribution in [2.45, 2.75) is 65.6 Å². The third-order valence-corrected chi connectivity index (χ3v) is 8.53. The maximum atomic E-state index is 13.2. The average molecular weight is 595 g/mol. The van der Waals surface area contributed by atoms with Crippen molar-refractivity contribution in [1.82, 2.24) is 29.6 Å². The Hall–Kier alpha value is -3.77. The van der Waals surface area contributed by atoms with Crippen LogP contribution in [0.25, 0.3) is 5.69 Å². The molecule has 0 spiro atoms. The van der Waals surface area contributed by atoms with Gasteiger partial charge in [0.05, 0.1) is 5.69 Å². The van der Waals surface area contributed by atoms with Crippen LogP contribution in [0.1, 0.15) is 53.0 Å². The van der Waals surface area contributed by atoms with Crippen molar-refractivity contribution in [2.24, 2.45) is 17.6 Å². The summed E-state index contributed by atoms with van der Waals surface area (Å²) in [5.74, 6) is -0.230. The van der Waals surface area contributed by atoms with Crippen molar-refractivity contribution in [1.29, 1.82) is 0 Å². The molecule has 4 N–H and O–H groups in total. The fourth-order valence-corrected chi connectivity index (χ4v) is 5.27. The number of piperazine rings is 1. The van der Waals surface area contributed by atoms with Crippen molar-refractivity contribution in [2.75, 3.05) is 44.6 Å². The minimum atomic E-state index is -1.05. The number of hydrogen-bond acceptors (Lipinski definition) is 7. The molecule has 2 aliphatic rings. The number of piperidine rings is 1. The van der Waals surface area contributed by atoms with Crippen LogP contribution in [0.5, 0.6) is 0 Å². The van der Waals surface area contributed by atoms with Crippen molar-refractivity contribution in [3.05, 3.63) is 52.6 Å². The van der Waals surface area contributed by atoms with Gasteiger partial charge in [-0.05, 0) is 69.5 Å². The third-order valence-electron chi connectivity index (χ3n) is 8.53. The van der Waals surface area contributed by atoms with Crippen molar-refractivity contribution in [3.8, 4) is 5.69 Å². The summed E-state index contributed by atoms with van der Waals surface area (Å²) < 4.78 is 1.44. The number of aromatic nitrogens is 2. The average Bonchev–Trinajstić information content (AvgIpc) is 2.98. The quantitative estimate of drug-likeness (QED) is 0.424. The highest BCUT2D eigenvalue weighted by Gasteiger charge is 2.36. The molecule has 1 aromatic carbocycles. The third kappa shape index (κ3) is 8.20. The molecule has 4 amide bonds. The van der Waals surface area contributed by atoms with E-state index < -0.39 is 17.3 Å². The summed E-state index contributed by atoms with van der Waals surface area (Å²) in [5.41, 5.74) is 6.31. The van der Waals surface area contributed by atoms with Crippen molar-refractivity contribution >= 4 is 23.7 Å². The zero-order valence-electron chi connectivity index (χ0n) is 26.0. The van der Waals surface area contributed by atoms with Crippen molar-refractivity contribution < 1.29 is 14.4 Å². The van der Waals surface area contributed by atoms with E-state index in [4.69, 9.17) is 5.73 Å². The molecule has 2 aromatic rings. The van der Waals surface area contributed by atoms with Crippen LogP contribution in [0, 0.1) is 11.8 Å². The molecule has 0 aliphatic carbocycles. The van der Waals surface area contributed by atoms with E-state index in [1.54, 1.807) is 35.9 Å². The van der Waals surface area contributed by atoms with Gasteiger partial charge in [-0.25, -0.2) is 9.59 Å². The van der Waals surface area contributed by atoms with Gasteiger partial charge < -0.3 is 20.9 Å². The van der Waals surface area contributed by atoms with Crippen LogP contribution in [0.15, 0.2) is 41.3 Å². The lowest BCUT2D eigenvalue weighted by Crippen LogP contribution is -2.61. The fraction of sp³-hybridized carbons (Fsp3) is 0.581. The Kier molecular flexibility index (Phi) is 10.2. The number of anilines is 1. The Morgan fingerprint density at radius 2 is 1.56 bits per heavy atom. The first-order valence-corrected chi connectivity index (χ1v) is 15.2. The molecule has 0 saturated carbocycles.